The predicted octanol–water partition coefficient (Wildman–Crippen LogP) is 3.84. The maximum atomic E-state index is 12.5. The third-order valence-electron chi connectivity index (χ3n) is 3.32. The molecule has 3 nitrogen and oxygen atoms in total. The lowest BCUT2D eigenvalue weighted by Crippen LogP contribution is -2.32. The number of hydrogen-bond acceptors (Lipinski definition) is 3. The van der Waals surface area contributed by atoms with Crippen LogP contribution in [0.2, 0.25) is 0 Å². The molecule has 1 aromatic carbocycles. The fourth-order valence-electron chi connectivity index (χ4n) is 2.15. The smallest absolute Gasteiger partial charge is 0.264 e. The van der Waals surface area contributed by atoms with E-state index in [1.165, 1.54) is 11.3 Å². The van der Waals surface area contributed by atoms with Crippen LogP contribution in [0.4, 0.5) is 0 Å². The summed E-state index contributed by atoms with van der Waals surface area (Å²) < 4.78 is 0. The van der Waals surface area contributed by atoms with E-state index in [1.54, 1.807) is 12.1 Å². The number of carbonyl (C=O) groups excluding carboxylic acids is 1. The molecule has 0 bridgehead atoms. The highest BCUT2D eigenvalue weighted by Crippen LogP contribution is 2.23. The van der Waals surface area contributed by atoms with E-state index in [-0.39, 0.29) is 11.9 Å². The molecular formula is C16H16N2OS. The Morgan fingerprint density at radius 1 is 1.35 bits per heavy atom. The van der Waals surface area contributed by atoms with E-state index in [9.17, 15) is 4.79 Å². The molecule has 0 saturated carbocycles. The molecule has 2 rings (SSSR count). The van der Waals surface area contributed by atoms with Crippen molar-refractivity contribution in [3.63, 3.8) is 0 Å². The molecule has 0 aliphatic heterocycles. The molecule has 20 heavy (non-hydrogen) atoms. The third-order valence-corrected chi connectivity index (χ3v) is 4.18. The number of hydrogen-bond donors (Lipinski definition) is 0. The van der Waals surface area contributed by atoms with Crippen LogP contribution in [0, 0.1) is 11.3 Å². The standard InChI is InChI=1S/C16H16N2OS/c1-3-18(16(19)15-5-4-10-20-15)12(2)14-8-6-13(11-17)7-9-14/h4-10,12H,3H2,1-2H3. The first kappa shape index (κ1) is 14.3. The predicted molar refractivity (Wildman–Crippen MR) is 80.6 cm³/mol. The first-order valence-electron chi connectivity index (χ1n) is 6.52. The topological polar surface area (TPSA) is 44.1 Å². The maximum absolute atomic E-state index is 12.5. The average Bonchev–Trinajstić information content (AvgIpc) is 3.02. The second kappa shape index (κ2) is 6.36. The Kier molecular flexibility index (Phi) is 4.54. The molecule has 0 aliphatic rings. The molecular weight excluding hydrogens is 268 g/mol. The molecule has 2 aromatic rings. The van der Waals surface area contributed by atoms with Crippen molar-refractivity contribution in [3.8, 4) is 6.07 Å². The van der Waals surface area contributed by atoms with Gasteiger partial charge in [0.15, 0.2) is 0 Å². The lowest BCUT2D eigenvalue weighted by molar-refractivity contribution is 0.0707. The van der Waals surface area contributed by atoms with Crippen molar-refractivity contribution < 1.29 is 4.79 Å². The van der Waals surface area contributed by atoms with Gasteiger partial charge in [-0.05, 0) is 43.0 Å². The van der Waals surface area contributed by atoms with Gasteiger partial charge in [0.2, 0.25) is 0 Å². The van der Waals surface area contributed by atoms with E-state index < -0.39 is 0 Å². The van der Waals surface area contributed by atoms with Gasteiger partial charge in [-0.2, -0.15) is 5.26 Å². The molecule has 0 spiro atoms. The zero-order valence-electron chi connectivity index (χ0n) is 11.5. The van der Waals surface area contributed by atoms with E-state index in [0.29, 0.717) is 12.1 Å². The Morgan fingerprint density at radius 3 is 2.55 bits per heavy atom. The van der Waals surface area contributed by atoms with Gasteiger partial charge < -0.3 is 4.90 Å². The Balaban J connectivity index is 2.22. The van der Waals surface area contributed by atoms with Crippen LogP contribution in [0.1, 0.15) is 40.7 Å². The molecule has 1 atom stereocenters. The zero-order valence-corrected chi connectivity index (χ0v) is 12.4. The minimum atomic E-state index is -0.0117. The van der Waals surface area contributed by atoms with Gasteiger partial charge in [-0.3, -0.25) is 4.79 Å². The molecule has 0 fully saturated rings. The zero-order chi connectivity index (χ0) is 14.5. The highest BCUT2D eigenvalue weighted by molar-refractivity contribution is 7.12. The summed E-state index contributed by atoms with van der Waals surface area (Å²) in [4.78, 5) is 15.1. The number of nitrogens with zero attached hydrogens (tertiary/aromatic N) is 2. The number of thiophene rings is 1. The van der Waals surface area contributed by atoms with Gasteiger partial charge >= 0.3 is 0 Å². The van der Waals surface area contributed by atoms with Crippen molar-refractivity contribution in [1.82, 2.24) is 4.90 Å². The molecule has 4 heteroatoms. The summed E-state index contributed by atoms with van der Waals surface area (Å²) >= 11 is 1.46. The normalized spacial score (nSPS) is 11.7. The van der Waals surface area contributed by atoms with Crippen molar-refractivity contribution in [1.29, 1.82) is 5.26 Å². The van der Waals surface area contributed by atoms with Crippen molar-refractivity contribution in [3.05, 3.63) is 57.8 Å². The second-order valence-corrected chi connectivity index (χ2v) is 5.43. The maximum Gasteiger partial charge on any atom is 0.264 e. The molecule has 1 heterocycles. The van der Waals surface area contributed by atoms with Crippen molar-refractivity contribution >= 4 is 17.2 Å². The minimum absolute atomic E-state index is 0.0117. The molecule has 1 aromatic heterocycles. The Hall–Kier alpha value is -2.12. The van der Waals surface area contributed by atoms with Crippen LogP contribution in [0.5, 0.6) is 0 Å². The molecule has 0 N–H and O–H groups in total. The minimum Gasteiger partial charge on any atom is -0.331 e. The van der Waals surface area contributed by atoms with Gasteiger partial charge in [0.05, 0.1) is 22.6 Å². The van der Waals surface area contributed by atoms with Crippen molar-refractivity contribution in [2.45, 2.75) is 19.9 Å². The Labute approximate surface area is 123 Å². The number of rotatable bonds is 4. The average molecular weight is 284 g/mol. The molecule has 1 unspecified atom stereocenters. The number of nitriles is 1. The fourth-order valence-corrected chi connectivity index (χ4v) is 2.83. The third kappa shape index (κ3) is 2.89. The molecule has 102 valence electrons. The van der Waals surface area contributed by atoms with E-state index in [1.807, 2.05) is 48.4 Å². The molecule has 0 radical (unpaired) electrons. The number of benzene rings is 1. The van der Waals surface area contributed by atoms with Crippen LogP contribution in [0.15, 0.2) is 41.8 Å². The Morgan fingerprint density at radius 2 is 2.05 bits per heavy atom. The number of carbonyl (C=O) groups is 1. The van der Waals surface area contributed by atoms with Crippen molar-refractivity contribution in [2.24, 2.45) is 0 Å². The van der Waals surface area contributed by atoms with Gasteiger partial charge in [-0.25, -0.2) is 0 Å². The quantitative estimate of drug-likeness (QED) is 0.856. The lowest BCUT2D eigenvalue weighted by Gasteiger charge is -2.28. The monoisotopic (exact) mass is 284 g/mol. The van der Waals surface area contributed by atoms with Gasteiger partial charge in [0, 0.05) is 6.54 Å². The first-order chi connectivity index (χ1) is 9.67. The largest absolute Gasteiger partial charge is 0.331 e. The number of amides is 1. The molecule has 1 amide bonds. The molecule has 0 aliphatic carbocycles. The van der Waals surface area contributed by atoms with Crippen molar-refractivity contribution in [2.75, 3.05) is 6.54 Å². The van der Waals surface area contributed by atoms with E-state index in [2.05, 4.69) is 6.07 Å². The highest BCUT2D eigenvalue weighted by Gasteiger charge is 2.21. The van der Waals surface area contributed by atoms with Crippen LogP contribution in [0.25, 0.3) is 0 Å². The summed E-state index contributed by atoms with van der Waals surface area (Å²) in [6, 6.07) is 13.2. The summed E-state index contributed by atoms with van der Waals surface area (Å²) in [7, 11) is 0. The summed E-state index contributed by atoms with van der Waals surface area (Å²) in [5.74, 6) is 0.0550. The van der Waals surface area contributed by atoms with Crippen LogP contribution >= 0.6 is 11.3 Å². The first-order valence-corrected chi connectivity index (χ1v) is 7.40. The SMILES string of the molecule is CCN(C(=O)c1cccs1)C(C)c1ccc(C#N)cc1. The molecule has 0 saturated heterocycles. The van der Waals surface area contributed by atoms with E-state index >= 15 is 0 Å². The summed E-state index contributed by atoms with van der Waals surface area (Å²) in [5, 5.41) is 10.7. The van der Waals surface area contributed by atoms with Gasteiger partial charge in [0.25, 0.3) is 5.91 Å². The fraction of sp³-hybridized carbons (Fsp3) is 0.250. The lowest BCUT2D eigenvalue weighted by atomic mass is 10.0. The van der Waals surface area contributed by atoms with Gasteiger partial charge in [-0.15, -0.1) is 11.3 Å². The van der Waals surface area contributed by atoms with Gasteiger partial charge in [-0.1, -0.05) is 18.2 Å². The van der Waals surface area contributed by atoms with E-state index in [4.69, 9.17) is 5.26 Å². The van der Waals surface area contributed by atoms with E-state index in [0.717, 1.165) is 10.4 Å². The van der Waals surface area contributed by atoms with Crippen LogP contribution in [-0.4, -0.2) is 17.4 Å². The van der Waals surface area contributed by atoms with Crippen LogP contribution < -0.4 is 0 Å². The van der Waals surface area contributed by atoms with Gasteiger partial charge in [0.1, 0.15) is 0 Å². The summed E-state index contributed by atoms with van der Waals surface area (Å²) in [5.41, 5.74) is 1.67. The second-order valence-electron chi connectivity index (χ2n) is 4.48. The summed E-state index contributed by atoms with van der Waals surface area (Å²) in [6.45, 7) is 4.64. The van der Waals surface area contributed by atoms with Crippen LogP contribution in [-0.2, 0) is 0 Å². The highest BCUT2D eigenvalue weighted by atomic mass is 32.1. The Bertz CT molecular complexity index is 611. The summed E-state index contributed by atoms with van der Waals surface area (Å²) in [6.07, 6.45) is 0. The van der Waals surface area contributed by atoms with Crippen LogP contribution in [0.3, 0.4) is 0 Å².